The van der Waals surface area contributed by atoms with Crippen molar-refractivity contribution in [1.82, 2.24) is 0 Å². The minimum Gasteiger partial charge on any atom is -0.474 e. The highest BCUT2D eigenvalue weighted by atomic mass is 16.6. The molecule has 25 heavy (non-hydrogen) atoms. The molecule has 0 heterocycles. The summed E-state index contributed by atoms with van der Waals surface area (Å²) in [6.07, 6.45) is -1.04. The molecule has 2 rings (SSSR count). The van der Waals surface area contributed by atoms with E-state index in [0.717, 1.165) is 0 Å². The summed E-state index contributed by atoms with van der Waals surface area (Å²) in [7, 11) is 0. The van der Waals surface area contributed by atoms with E-state index in [1.165, 1.54) is 50.2 Å². The SMILES string of the molecule is Cc1c(NC(=O)C(C)Oc2ccccc2[N+](=O)[O-])cccc1[N+](=O)[O-]. The smallest absolute Gasteiger partial charge is 0.310 e. The van der Waals surface area contributed by atoms with Crippen molar-refractivity contribution >= 4 is 23.0 Å². The third-order valence-electron chi connectivity index (χ3n) is 3.49. The molecule has 1 N–H and O–H groups in total. The lowest BCUT2D eigenvalue weighted by molar-refractivity contribution is -0.386. The molecule has 0 aliphatic rings. The molecule has 0 aromatic heterocycles. The molecule has 130 valence electrons. The first kappa shape index (κ1) is 17.9. The zero-order valence-electron chi connectivity index (χ0n) is 13.5. The van der Waals surface area contributed by atoms with Gasteiger partial charge in [-0.1, -0.05) is 18.2 Å². The van der Waals surface area contributed by atoms with Crippen LogP contribution >= 0.6 is 0 Å². The number of amides is 1. The van der Waals surface area contributed by atoms with Gasteiger partial charge in [0.15, 0.2) is 11.9 Å². The molecule has 2 aromatic rings. The number of ether oxygens (including phenoxy) is 1. The molecule has 9 nitrogen and oxygen atoms in total. The van der Waals surface area contributed by atoms with Crippen LogP contribution in [0.1, 0.15) is 12.5 Å². The van der Waals surface area contributed by atoms with E-state index in [9.17, 15) is 25.0 Å². The van der Waals surface area contributed by atoms with Crippen LogP contribution in [0.4, 0.5) is 17.1 Å². The predicted octanol–water partition coefficient (Wildman–Crippen LogP) is 3.22. The van der Waals surface area contributed by atoms with Crippen LogP contribution < -0.4 is 10.1 Å². The first-order valence-electron chi connectivity index (χ1n) is 7.26. The zero-order valence-corrected chi connectivity index (χ0v) is 13.5. The first-order chi connectivity index (χ1) is 11.8. The Labute approximate surface area is 142 Å². The van der Waals surface area contributed by atoms with Gasteiger partial charge in [0.25, 0.3) is 11.6 Å². The van der Waals surface area contributed by atoms with E-state index in [1.54, 1.807) is 6.07 Å². The second kappa shape index (κ2) is 7.39. The first-order valence-corrected chi connectivity index (χ1v) is 7.26. The van der Waals surface area contributed by atoms with Gasteiger partial charge in [0, 0.05) is 12.1 Å². The molecule has 0 bridgehead atoms. The van der Waals surface area contributed by atoms with Crippen LogP contribution in [0.3, 0.4) is 0 Å². The van der Waals surface area contributed by atoms with Gasteiger partial charge < -0.3 is 10.1 Å². The number of hydrogen-bond acceptors (Lipinski definition) is 6. The van der Waals surface area contributed by atoms with E-state index in [-0.39, 0.29) is 22.8 Å². The number of carbonyl (C=O) groups is 1. The monoisotopic (exact) mass is 345 g/mol. The van der Waals surface area contributed by atoms with Crippen molar-refractivity contribution in [2.45, 2.75) is 20.0 Å². The summed E-state index contributed by atoms with van der Waals surface area (Å²) in [4.78, 5) is 33.0. The number of para-hydroxylation sites is 2. The maximum atomic E-state index is 12.3. The van der Waals surface area contributed by atoms with Crippen LogP contribution in [0, 0.1) is 27.2 Å². The van der Waals surface area contributed by atoms with Crippen LogP contribution in [0.2, 0.25) is 0 Å². The number of nitro groups is 2. The third-order valence-corrected chi connectivity index (χ3v) is 3.49. The third kappa shape index (κ3) is 4.08. The summed E-state index contributed by atoms with van der Waals surface area (Å²) in [5.74, 6) is -0.618. The molecule has 0 saturated carbocycles. The average molecular weight is 345 g/mol. The Kier molecular flexibility index (Phi) is 5.28. The van der Waals surface area contributed by atoms with Gasteiger partial charge in [-0.15, -0.1) is 0 Å². The minimum absolute atomic E-state index is 0.0362. The Bertz CT molecular complexity index is 836. The van der Waals surface area contributed by atoms with Crippen molar-refractivity contribution in [3.8, 4) is 5.75 Å². The lowest BCUT2D eigenvalue weighted by Gasteiger charge is -2.15. The Morgan fingerprint density at radius 2 is 1.64 bits per heavy atom. The van der Waals surface area contributed by atoms with Crippen LogP contribution in [0.15, 0.2) is 42.5 Å². The maximum Gasteiger partial charge on any atom is 0.310 e. The Hall–Kier alpha value is -3.49. The fraction of sp³-hybridized carbons (Fsp3) is 0.188. The molecular weight excluding hydrogens is 330 g/mol. The van der Waals surface area contributed by atoms with Crippen molar-refractivity contribution in [1.29, 1.82) is 0 Å². The molecular formula is C16H15N3O6. The Balaban J connectivity index is 2.16. The number of rotatable bonds is 6. The predicted molar refractivity (Wildman–Crippen MR) is 89.6 cm³/mol. The summed E-state index contributed by atoms with van der Waals surface area (Å²) in [5, 5.41) is 24.4. The number of nitrogens with zero attached hydrogens (tertiary/aromatic N) is 2. The van der Waals surface area contributed by atoms with E-state index in [4.69, 9.17) is 4.74 Å². The second-order valence-corrected chi connectivity index (χ2v) is 5.18. The van der Waals surface area contributed by atoms with Crippen molar-refractivity contribution in [3.05, 3.63) is 68.3 Å². The molecule has 1 unspecified atom stereocenters. The maximum absolute atomic E-state index is 12.3. The number of nitrogens with one attached hydrogen (secondary N) is 1. The van der Waals surface area contributed by atoms with Gasteiger partial charge in [-0.2, -0.15) is 0 Å². The van der Waals surface area contributed by atoms with E-state index < -0.39 is 21.9 Å². The van der Waals surface area contributed by atoms with E-state index in [1.807, 2.05) is 0 Å². The van der Waals surface area contributed by atoms with Gasteiger partial charge in [-0.3, -0.25) is 25.0 Å². The standard InChI is InChI=1S/C16H15N3O6/c1-10-12(6-5-8-13(10)18(21)22)17-16(20)11(2)25-15-9-4-3-7-14(15)19(23)24/h3-9,11H,1-2H3,(H,17,20). The molecule has 1 amide bonds. The molecule has 1 atom stereocenters. The number of nitro benzene ring substituents is 2. The quantitative estimate of drug-likeness (QED) is 0.633. The molecule has 0 radical (unpaired) electrons. The second-order valence-electron chi connectivity index (χ2n) is 5.18. The molecule has 2 aromatic carbocycles. The largest absolute Gasteiger partial charge is 0.474 e. The Morgan fingerprint density at radius 3 is 2.28 bits per heavy atom. The fourth-order valence-electron chi connectivity index (χ4n) is 2.14. The number of carbonyl (C=O) groups excluding carboxylic acids is 1. The number of hydrogen-bond donors (Lipinski definition) is 1. The van der Waals surface area contributed by atoms with Crippen LogP contribution in [0.5, 0.6) is 5.75 Å². The van der Waals surface area contributed by atoms with Crippen molar-refractivity contribution in [2.24, 2.45) is 0 Å². The minimum atomic E-state index is -1.04. The average Bonchev–Trinajstić information content (AvgIpc) is 2.56. The molecule has 0 spiro atoms. The molecule has 0 saturated heterocycles. The van der Waals surface area contributed by atoms with E-state index >= 15 is 0 Å². The molecule has 0 fully saturated rings. The van der Waals surface area contributed by atoms with Crippen LogP contribution in [0.25, 0.3) is 0 Å². The molecule has 9 heteroatoms. The van der Waals surface area contributed by atoms with Crippen molar-refractivity contribution in [3.63, 3.8) is 0 Å². The van der Waals surface area contributed by atoms with Gasteiger partial charge in [0.05, 0.1) is 21.1 Å². The van der Waals surface area contributed by atoms with Crippen molar-refractivity contribution in [2.75, 3.05) is 5.32 Å². The van der Waals surface area contributed by atoms with E-state index in [2.05, 4.69) is 5.32 Å². The normalized spacial score (nSPS) is 11.4. The van der Waals surface area contributed by atoms with Gasteiger partial charge >= 0.3 is 5.69 Å². The summed E-state index contributed by atoms with van der Waals surface area (Å²) in [6, 6.07) is 10.0. The van der Waals surface area contributed by atoms with Crippen molar-refractivity contribution < 1.29 is 19.4 Å². The van der Waals surface area contributed by atoms with Gasteiger partial charge in [0.1, 0.15) is 0 Å². The number of benzene rings is 2. The highest BCUT2D eigenvalue weighted by molar-refractivity contribution is 5.95. The summed E-state index contributed by atoms with van der Waals surface area (Å²) >= 11 is 0. The lowest BCUT2D eigenvalue weighted by atomic mass is 10.1. The van der Waals surface area contributed by atoms with Gasteiger partial charge in [0.2, 0.25) is 0 Å². The Morgan fingerprint density at radius 1 is 1.04 bits per heavy atom. The van der Waals surface area contributed by atoms with E-state index in [0.29, 0.717) is 5.56 Å². The fourth-order valence-corrected chi connectivity index (χ4v) is 2.14. The topological polar surface area (TPSA) is 125 Å². The molecule has 0 aliphatic heterocycles. The molecule has 0 aliphatic carbocycles. The highest BCUT2D eigenvalue weighted by Crippen LogP contribution is 2.28. The zero-order chi connectivity index (χ0) is 18.6. The summed E-state index contributed by atoms with van der Waals surface area (Å²) in [5.41, 5.74) is 0.203. The highest BCUT2D eigenvalue weighted by Gasteiger charge is 2.22. The summed E-state index contributed by atoms with van der Waals surface area (Å²) < 4.78 is 5.37. The van der Waals surface area contributed by atoms with Gasteiger partial charge in [-0.25, -0.2) is 0 Å². The van der Waals surface area contributed by atoms with Crippen LogP contribution in [-0.4, -0.2) is 21.9 Å². The number of anilines is 1. The summed E-state index contributed by atoms with van der Waals surface area (Å²) in [6.45, 7) is 2.94. The van der Waals surface area contributed by atoms with Crippen LogP contribution in [-0.2, 0) is 4.79 Å². The van der Waals surface area contributed by atoms with Gasteiger partial charge in [-0.05, 0) is 26.0 Å². The lowest BCUT2D eigenvalue weighted by Crippen LogP contribution is -2.30.